The molecule has 4 heteroatoms. The molecule has 0 rings (SSSR count). The van der Waals surface area contributed by atoms with Gasteiger partial charge in [0.2, 0.25) is 5.70 Å². The largest absolute Gasteiger partial charge is 0.300 e. The van der Waals surface area contributed by atoms with Crippen molar-refractivity contribution in [1.82, 2.24) is 0 Å². The highest BCUT2D eigenvalue weighted by atomic mass is 16.6. The van der Waals surface area contributed by atoms with Crippen LogP contribution in [0.5, 0.6) is 0 Å². The Bertz CT molecular complexity index is 234. The maximum absolute atomic E-state index is 10.7. The van der Waals surface area contributed by atoms with Crippen LogP contribution in [0.2, 0.25) is 0 Å². The van der Waals surface area contributed by atoms with E-state index in [1.165, 1.54) is 6.92 Å². The maximum Gasteiger partial charge on any atom is 0.242 e. The molecule has 0 aliphatic rings. The zero-order valence-electron chi connectivity index (χ0n) is 8.78. The summed E-state index contributed by atoms with van der Waals surface area (Å²) in [7, 11) is 0. The van der Waals surface area contributed by atoms with E-state index in [0.29, 0.717) is 0 Å². The average molecular weight is 199 g/mol. The van der Waals surface area contributed by atoms with E-state index >= 15 is 0 Å². The van der Waals surface area contributed by atoms with Crippen molar-refractivity contribution >= 4 is 5.78 Å². The van der Waals surface area contributed by atoms with Crippen molar-refractivity contribution in [3.8, 4) is 0 Å². The zero-order valence-corrected chi connectivity index (χ0v) is 8.78. The predicted octanol–water partition coefficient (Wildman–Crippen LogP) is 2.71. The Labute approximate surface area is 84.1 Å². The van der Waals surface area contributed by atoms with Crippen LogP contribution in [-0.4, -0.2) is 10.7 Å². The van der Waals surface area contributed by atoms with E-state index in [4.69, 9.17) is 0 Å². The van der Waals surface area contributed by atoms with Crippen LogP contribution in [0.1, 0.15) is 46.0 Å². The molecule has 0 aliphatic heterocycles. The molecule has 0 saturated carbocycles. The summed E-state index contributed by atoms with van der Waals surface area (Å²) >= 11 is 0. The summed E-state index contributed by atoms with van der Waals surface area (Å²) in [6, 6.07) is 0. The topological polar surface area (TPSA) is 60.2 Å². The number of nitrogens with zero attached hydrogens (tertiary/aromatic N) is 1. The lowest BCUT2D eigenvalue weighted by Gasteiger charge is -1.96. The van der Waals surface area contributed by atoms with E-state index in [9.17, 15) is 14.9 Å². The summed E-state index contributed by atoms with van der Waals surface area (Å²) in [6.07, 6.45) is 4.85. The first kappa shape index (κ1) is 12.8. The molecular formula is C10H17NO3. The first-order valence-corrected chi connectivity index (χ1v) is 4.90. The summed E-state index contributed by atoms with van der Waals surface area (Å²) in [5, 5.41) is 10.5. The van der Waals surface area contributed by atoms with E-state index < -0.39 is 4.92 Å². The molecule has 0 N–H and O–H groups in total. The molecule has 0 unspecified atom stereocenters. The molecule has 4 nitrogen and oxygen atoms in total. The quantitative estimate of drug-likeness (QED) is 0.360. The lowest BCUT2D eigenvalue weighted by Crippen LogP contribution is -2.01. The van der Waals surface area contributed by atoms with Crippen molar-refractivity contribution in [2.45, 2.75) is 46.0 Å². The summed E-state index contributed by atoms with van der Waals surface area (Å²) in [6.45, 7) is 3.48. The number of Topliss-reactive ketones (excluding diaryl/α,β-unsaturated/α-hetero) is 1. The fourth-order valence-corrected chi connectivity index (χ4v) is 1.04. The number of carbonyl (C=O) groups excluding carboxylic acids is 1. The lowest BCUT2D eigenvalue weighted by atomic mass is 10.1. The van der Waals surface area contributed by atoms with Crippen LogP contribution in [0.3, 0.4) is 0 Å². The van der Waals surface area contributed by atoms with Crippen LogP contribution in [0.15, 0.2) is 11.8 Å². The lowest BCUT2D eigenvalue weighted by molar-refractivity contribution is -0.428. The third kappa shape index (κ3) is 6.34. The first-order chi connectivity index (χ1) is 6.57. The van der Waals surface area contributed by atoms with E-state index in [-0.39, 0.29) is 24.3 Å². The summed E-state index contributed by atoms with van der Waals surface area (Å²) < 4.78 is 0. The molecule has 14 heavy (non-hydrogen) atoms. The SMILES string of the molecule is CCCC/C=C(\CCC(C)=O)[N+](=O)[O-]. The average Bonchev–Trinajstić information content (AvgIpc) is 2.10. The molecule has 0 bridgehead atoms. The van der Waals surface area contributed by atoms with Gasteiger partial charge in [-0.25, -0.2) is 0 Å². The Hall–Kier alpha value is -1.19. The number of unbranched alkanes of at least 4 members (excludes halogenated alkanes) is 2. The summed E-state index contributed by atoms with van der Waals surface area (Å²) in [5.41, 5.74) is 0.175. The van der Waals surface area contributed by atoms with Crippen molar-refractivity contribution in [3.63, 3.8) is 0 Å². The van der Waals surface area contributed by atoms with Gasteiger partial charge in [-0.1, -0.05) is 13.3 Å². The van der Waals surface area contributed by atoms with Crippen molar-refractivity contribution < 1.29 is 9.72 Å². The number of nitro groups is 1. The van der Waals surface area contributed by atoms with Crippen LogP contribution in [-0.2, 0) is 4.79 Å². The summed E-state index contributed by atoms with van der Waals surface area (Å²) in [4.78, 5) is 20.8. The van der Waals surface area contributed by atoms with E-state index in [0.717, 1.165) is 19.3 Å². The van der Waals surface area contributed by atoms with Gasteiger partial charge in [-0.3, -0.25) is 10.1 Å². The highest BCUT2D eigenvalue weighted by Crippen LogP contribution is 2.09. The number of carbonyl (C=O) groups is 1. The van der Waals surface area contributed by atoms with Gasteiger partial charge < -0.3 is 4.79 Å². The van der Waals surface area contributed by atoms with Gasteiger partial charge in [0, 0.05) is 12.8 Å². The Morgan fingerprint density at radius 3 is 2.50 bits per heavy atom. The second kappa shape index (κ2) is 7.24. The number of hydrogen-bond acceptors (Lipinski definition) is 3. The number of ketones is 1. The van der Waals surface area contributed by atoms with Crippen LogP contribution in [0.25, 0.3) is 0 Å². The normalized spacial score (nSPS) is 11.4. The van der Waals surface area contributed by atoms with Crippen molar-refractivity contribution in [1.29, 1.82) is 0 Å². The highest BCUT2D eigenvalue weighted by Gasteiger charge is 2.10. The first-order valence-electron chi connectivity index (χ1n) is 4.90. The Morgan fingerprint density at radius 1 is 1.43 bits per heavy atom. The third-order valence-electron chi connectivity index (χ3n) is 1.91. The molecule has 0 heterocycles. The smallest absolute Gasteiger partial charge is 0.242 e. The maximum atomic E-state index is 10.7. The van der Waals surface area contributed by atoms with Crippen LogP contribution in [0, 0.1) is 10.1 Å². The van der Waals surface area contributed by atoms with Gasteiger partial charge in [0.25, 0.3) is 0 Å². The van der Waals surface area contributed by atoms with Gasteiger partial charge in [-0.15, -0.1) is 0 Å². The molecule has 0 saturated heterocycles. The Morgan fingerprint density at radius 2 is 2.07 bits per heavy atom. The minimum absolute atomic E-state index is 0.00626. The molecule has 0 amide bonds. The molecule has 0 atom stereocenters. The second-order valence-corrected chi connectivity index (χ2v) is 3.30. The van der Waals surface area contributed by atoms with Crippen LogP contribution < -0.4 is 0 Å². The van der Waals surface area contributed by atoms with Gasteiger partial charge in [-0.05, 0) is 25.8 Å². The predicted molar refractivity (Wildman–Crippen MR) is 54.5 cm³/mol. The standard InChI is InChI=1S/C10H17NO3/c1-3-4-5-6-10(11(13)14)8-7-9(2)12/h6H,3-5,7-8H2,1-2H3/b10-6+. The monoisotopic (exact) mass is 199 g/mol. The number of rotatable bonds is 7. The van der Waals surface area contributed by atoms with Gasteiger partial charge in [0.05, 0.1) is 4.92 Å². The molecule has 0 spiro atoms. The van der Waals surface area contributed by atoms with Gasteiger partial charge in [0.15, 0.2) is 0 Å². The van der Waals surface area contributed by atoms with Crippen molar-refractivity contribution in [2.75, 3.05) is 0 Å². The van der Waals surface area contributed by atoms with Crippen LogP contribution >= 0.6 is 0 Å². The summed E-state index contributed by atoms with van der Waals surface area (Å²) in [5.74, 6) is -0.00626. The molecule has 0 aromatic heterocycles. The van der Waals surface area contributed by atoms with Crippen molar-refractivity contribution in [3.05, 3.63) is 21.9 Å². The van der Waals surface area contributed by atoms with E-state index in [1.54, 1.807) is 6.08 Å². The Kier molecular flexibility index (Phi) is 6.62. The minimum Gasteiger partial charge on any atom is -0.300 e. The molecule has 0 aromatic carbocycles. The minimum atomic E-state index is -0.390. The second-order valence-electron chi connectivity index (χ2n) is 3.30. The zero-order chi connectivity index (χ0) is 11.0. The van der Waals surface area contributed by atoms with Crippen molar-refractivity contribution in [2.24, 2.45) is 0 Å². The van der Waals surface area contributed by atoms with Crippen LogP contribution in [0.4, 0.5) is 0 Å². The molecule has 0 aromatic rings. The number of hydrogen-bond donors (Lipinski definition) is 0. The van der Waals surface area contributed by atoms with E-state index in [1.807, 2.05) is 6.92 Å². The molecule has 80 valence electrons. The van der Waals surface area contributed by atoms with Gasteiger partial charge in [0.1, 0.15) is 5.78 Å². The fraction of sp³-hybridized carbons (Fsp3) is 0.700. The third-order valence-corrected chi connectivity index (χ3v) is 1.91. The molecular weight excluding hydrogens is 182 g/mol. The number of allylic oxidation sites excluding steroid dienone is 2. The van der Waals surface area contributed by atoms with Gasteiger partial charge >= 0.3 is 0 Å². The molecule has 0 radical (unpaired) electrons. The van der Waals surface area contributed by atoms with Gasteiger partial charge in [-0.2, -0.15) is 0 Å². The highest BCUT2D eigenvalue weighted by molar-refractivity contribution is 5.75. The fourth-order valence-electron chi connectivity index (χ4n) is 1.04. The Balaban J connectivity index is 4.07. The molecule has 0 fully saturated rings. The molecule has 0 aliphatic carbocycles. The van der Waals surface area contributed by atoms with E-state index in [2.05, 4.69) is 0 Å².